The van der Waals surface area contributed by atoms with Crippen molar-refractivity contribution in [2.24, 2.45) is 0 Å². The van der Waals surface area contributed by atoms with E-state index in [-0.39, 0.29) is 11.4 Å². The molecule has 0 fully saturated rings. The average molecular weight is 403 g/mol. The maximum Gasteiger partial charge on any atom is 0.193 e. The molecule has 0 heterocycles. The van der Waals surface area contributed by atoms with Crippen molar-refractivity contribution in [2.75, 3.05) is 0 Å². The van der Waals surface area contributed by atoms with E-state index in [1.165, 1.54) is 5.56 Å². The standard InChI is InChI=1S/C27H30O3/c1-6-19(2)20-7-9-21(10-8-20)26(28)22-11-13-23(14-12-22)29-24-15-17-25(18-16-24)30-27(3,4)5/h7-19H,6H2,1-5H3. The Labute approximate surface area is 179 Å². The van der Waals surface area contributed by atoms with Crippen LogP contribution in [0.3, 0.4) is 0 Å². The summed E-state index contributed by atoms with van der Waals surface area (Å²) in [5.41, 5.74) is 2.37. The number of ether oxygens (including phenoxy) is 2. The zero-order valence-electron chi connectivity index (χ0n) is 18.4. The summed E-state index contributed by atoms with van der Waals surface area (Å²) in [4.78, 5) is 12.8. The summed E-state index contributed by atoms with van der Waals surface area (Å²) in [6.45, 7) is 10.4. The van der Waals surface area contributed by atoms with Crippen LogP contribution in [0.4, 0.5) is 0 Å². The Morgan fingerprint density at radius 1 is 0.767 bits per heavy atom. The quantitative estimate of drug-likeness (QED) is 0.386. The highest BCUT2D eigenvalue weighted by Gasteiger charge is 2.12. The van der Waals surface area contributed by atoms with Crippen LogP contribution < -0.4 is 9.47 Å². The second-order valence-corrected chi connectivity index (χ2v) is 8.57. The molecule has 3 aromatic rings. The van der Waals surface area contributed by atoms with Gasteiger partial charge in [0.25, 0.3) is 0 Å². The zero-order valence-corrected chi connectivity index (χ0v) is 18.4. The van der Waals surface area contributed by atoms with Crippen molar-refractivity contribution in [3.8, 4) is 17.2 Å². The molecule has 0 spiro atoms. The molecule has 0 aliphatic carbocycles. The Morgan fingerprint density at radius 2 is 1.20 bits per heavy atom. The fourth-order valence-corrected chi connectivity index (χ4v) is 3.11. The van der Waals surface area contributed by atoms with Gasteiger partial charge in [-0.25, -0.2) is 0 Å². The van der Waals surface area contributed by atoms with E-state index in [2.05, 4.69) is 13.8 Å². The summed E-state index contributed by atoms with van der Waals surface area (Å²) < 4.78 is 11.7. The van der Waals surface area contributed by atoms with Crippen molar-refractivity contribution in [1.29, 1.82) is 0 Å². The molecule has 0 saturated carbocycles. The molecule has 3 rings (SSSR count). The lowest BCUT2D eigenvalue weighted by Gasteiger charge is -2.21. The van der Waals surface area contributed by atoms with E-state index >= 15 is 0 Å². The van der Waals surface area contributed by atoms with Crippen LogP contribution in [0.15, 0.2) is 72.8 Å². The third kappa shape index (κ3) is 5.73. The van der Waals surface area contributed by atoms with Crippen LogP contribution in [-0.2, 0) is 0 Å². The first kappa shape index (κ1) is 21.6. The van der Waals surface area contributed by atoms with Crippen molar-refractivity contribution in [3.05, 3.63) is 89.5 Å². The largest absolute Gasteiger partial charge is 0.488 e. The van der Waals surface area contributed by atoms with Gasteiger partial charge in [0.15, 0.2) is 5.78 Å². The summed E-state index contributed by atoms with van der Waals surface area (Å²) in [6, 6.07) is 22.7. The summed E-state index contributed by atoms with van der Waals surface area (Å²) >= 11 is 0. The normalized spacial score (nSPS) is 12.3. The predicted octanol–water partition coefficient (Wildman–Crippen LogP) is 7.40. The van der Waals surface area contributed by atoms with E-state index in [9.17, 15) is 4.79 Å². The molecular weight excluding hydrogens is 372 g/mol. The van der Waals surface area contributed by atoms with Crippen LogP contribution in [0.2, 0.25) is 0 Å². The number of hydrogen-bond donors (Lipinski definition) is 0. The summed E-state index contributed by atoms with van der Waals surface area (Å²) in [7, 11) is 0. The van der Waals surface area contributed by atoms with Gasteiger partial charge in [-0.05, 0) is 87.2 Å². The number of rotatable bonds is 7. The molecule has 0 saturated heterocycles. The zero-order chi connectivity index (χ0) is 21.7. The van der Waals surface area contributed by atoms with Crippen LogP contribution in [0, 0.1) is 0 Å². The van der Waals surface area contributed by atoms with Gasteiger partial charge in [0.05, 0.1) is 0 Å². The Kier molecular flexibility index (Phi) is 6.61. The van der Waals surface area contributed by atoms with Gasteiger partial charge in [-0.2, -0.15) is 0 Å². The van der Waals surface area contributed by atoms with Crippen molar-refractivity contribution in [2.45, 2.75) is 52.6 Å². The highest BCUT2D eigenvalue weighted by molar-refractivity contribution is 6.09. The Bertz CT molecular complexity index is 963. The predicted molar refractivity (Wildman–Crippen MR) is 122 cm³/mol. The lowest BCUT2D eigenvalue weighted by atomic mass is 9.95. The van der Waals surface area contributed by atoms with Gasteiger partial charge in [-0.1, -0.05) is 38.1 Å². The molecule has 0 aliphatic heterocycles. The summed E-state index contributed by atoms with van der Waals surface area (Å²) in [6.07, 6.45) is 1.08. The molecule has 3 nitrogen and oxygen atoms in total. The fraction of sp³-hybridized carbons (Fsp3) is 0.296. The van der Waals surface area contributed by atoms with E-state index in [1.807, 2.05) is 81.4 Å². The molecular formula is C27H30O3. The Balaban J connectivity index is 1.65. The van der Waals surface area contributed by atoms with Crippen molar-refractivity contribution >= 4 is 5.78 Å². The van der Waals surface area contributed by atoms with Crippen LogP contribution in [0.5, 0.6) is 17.2 Å². The van der Waals surface area contributed by atoms with E-state index in [1.54, 1.807) is 12.1 Å². The molecule has 156 valence electrons. The summed E-state index contributed by atoms with van der Waals surface area (Å²) in [5.74, 6) is 2.72. The fourth-order valence-electron chi connectivity index (χ4n) is 3.11. The molecule has 1 unspecified atom stereocenters. The first-order valence-electron chi connectivity index (χ1n) is 10.5. The minimum absolute atomic E-state index is 0.0148. The lowest BCUT2D eigenvalue weighted by molar-refractivity contribution is 0.103. The van der Waals surface area contributed by atoms with Crippen LogP contribution in [-0.4, -0.2) is 11.4 Å². The van der Waals surface area contributed by atoms with Gasteiger partial charge in [0, 0.05) is 11.1 Å². The topological polar surface area (TPSA) is 35.5 Å². The number of ketones is 1. The molecule has 0 aliphatic rings. The van der Waals surface area contributed by atoms with E-state index in [0.717, 1.165) is 17.9 Å². The minimum atomic E-state index is -0.237. The second kappa shape index (κ2) is 9.17. The monoisotopic (exact) mass is 402 g/mol. The first-order valence-corrected chi connectivity index (χ1v) is 10.5. The lowest BCUT2D eigenvalue weighted by Crippen LogP contribution is -2.22. The highest BCUT2D eigenvalue weighted by atomic mass is 16.5. The Hall–Kier alpha value is -3.07. The molecule has 0 bridgehead atoms. The number of carbonyl (C=O) groups is 1. The van der Waals surface area contributed by atoms with Crippen molar-refractivity contribution < 1.29 is 14.3 Å². The molecule has 1 atom stereocenters. The van der Waals surface area contributed by atoms with Gasteiger partial charge < -0.3 is 9.47 Å². The maximum atomic E-state index is 12.8. The molecule has 0 N–H and O–H groups in total. The second-order valence-electron chi connectivity index (χ2n) is 8.57. The number of hydrogen-bond acceptors (Lipinski definition) is 3. The minimum Gasteiger partial charge on any atom is -0.488 e. The highest BCUT2D eigenvalue weighted by Crippen LogP contribution is 2.26. The van der Waals surface area contributed by atoms with E-state index in [0.29, 0.717) is 22.8 Å². The van der Waals surface area contributed by atoms with Gasteiger partial charge in [-0.15, -0.1) is 0 Å². The number of benzene rings is 3. The van der Waals surface area contributed by atoms with Crippen LogP contribution >= 0.6 is 0 Å². The molecule has 30 heavy (non-hydrogen) atoms. The van der Waals surface area contributed by atoms with Crippen LogP contribution in [0.25, 0.3) is 0 Å². The van der Waals surface area contributed by atoms with Gasteiger partial charge in [0.1, 0.15) is 22.8 Å². The Morgan fingerprint density at radius 3 is 1.67 bits per heavy atom. The molecule has 0 aromatic heterocycles. The molecule has 3 aromatic carbocycles. The van der Waals surface area contributed by atoms with Gasteiger partial charge in [0.2, 0.25) is 0 Å². The SMILES string of the molecule is CCC(C)c1ccc(C(=O)c2ccc(Oc3ccc(OC(C)(C)C)cc3)cc2)cc1. The average Bonchev–Trinajstić information content (AvgIpc) is 2.74. The van der Waals surface area contributed by atoms with Gasteiger partial charge >= 0.3 is 0 Å². The van der Waals surface area contributed by atoms with Crippen molar-refractivity contribution in [3.63, 3.8) is 0 Å². The van der Waals surface area contributed by atoms with Crippen molar-refractivity contribution in [1.82, 2.24) is 0 Å². The van der Waals surface area contributed by atoms with Crippen LogP contribution in [0.1, 0.15) is 68.4 Å². The number of carbonyl (C=O) groups excluding carboxylic acids is 1. The third-order valence-electron chi connectivity index (χ3n) is 4.95. The molecule has 3 heteroatoms. The molecule has 0 amide bonds. The first-order chi connectivity index (χ1) is 14.2. The van der Waals surface area contributed by atoms with Gasteiger partial charge in [-0.3, -0.25) is 4.79 Å². The summed E-state index contributed by atoms with van der Waals surface area (Å²) in [5, 5.41) is 0. The third-order valence-corrected chi connectivity index (χ3v) is 4.95. The smallest absolute Gasteiger partial charge is 0.193 e. The van der Waals surface area contributed by atoms with E-state index in [4.69, 9.17) is 9.47 Å². The van der Waals surface area contributed by atoms with E-state index < -0.39 is 0 Å². The molecule has 0 radical (unpaired) electrons. The maximum absolute atomic E-state index is 12.8.